The zero-order chi connectivity index (χ0) is 24.6. The van der Waals surface area contributed by atoms with Crippen LogP contribution in [0.25, 0.3) is 5.57 Å². The van der Waals surface area contributed by atoms with Gasteiger partial charge in [0.25, 0.3) is 5.91 Å². The van der Waals surface area contributed by atoms with Crippen molar-refractivity contribution >= 4 is 46.5 Å². The van der Waals surface area contributed by atoms with Gasteiger partial charge in [0, 0.05) is 12.3 Å². The van der Waals surface area contributed by atoms with Gasteiger partial charge in [-0.1, -0.05) is 41.9 Å². The van der Waals surface area contributed by atoms with Crippen LogP contribution in [0, 0.1) is 5.92 Å². The molecular weight excluding hydrogens is 466 g/mol. The summed E-state index contributed by atoms with van der Waals surface area (Å²) < 4.78 is 0. The van der Waals surface area contributed by atoms with Crippen molar-refractivity contribution in [3.63, 3.8) is 0 Å². The number of halogens is 1. The number of amides is 1. The number of nitrogen functional groups attached to an aromatic ring is 2. The van der Waals surface area contributed by atoms with E-state index in [4.69, 9.17) is 23.1 Å². The Morgan fingerprint density at radius 3 is 2.71 bits per heavy atom. The average Bonchev–Trinajstić information content (AvgIpc) is 3.44. The Labute approximate surface area is 208 Å². The van der Waals surface area contributed by atoms with Gasteiger partial charge >= 0.3 is 0 Å². The molecule has 0 unspecified atom stereocenters. The van der Waals surface area contributed by atoms with Crippen LogP contribution in [0.3, 0.4) is 0 Å². The van der Waals surface area contributed by atoms with E-state index in [1.54, 1.807) is 0 Å². The first-order chi connectivity index (χ1) is 16.8. The lowest BCUT2D eigenvalue weighted by Crippen LogP contribution is -2.52. The number of aliphatic imine (C=N–C) groups is 1. The zero-order valence-corrected chi connectivity index (χ0v) is 20.1. The van der Waals surface area contributed by atoms with Gasteiger partial charge in [0.1, 0.15) is 5.78 Å². The van der Waals surface area contributed by atoms with E-state index < -0.39 is 5.91 Å². The SMILES string of the molecule is Nc1nc(N)c(C(=O)NC2=NCC3(CCC(C(=O)CCC4=CCc5ccccc54)CC3)N2)nc1Cl. The predicted octanol–water partition coefficient (Wildman–Crippen LogP) is 2.90. The molecule has 1 fully saturated rings. The number of Topliss-reactive ketones (excluding diaryl/α,β-unsaturated/α-hetero) is 1. The van der Waals surface area contributed by atoms with Crippen molar-refractivity contribution in [1.82, 2.24) is 20.6 Å². The summed E-state index contributed by atoms with van der Waals surface area (Å²) in [6.45, 7) is 0.539. The normalized spacial score (nSPS) is 22.8. The number of ketones is 1. The number of hydrogen-bond donors (Lipinski definition) is 4. The highest BCUT2D eigenvalue weighted by atomic mass is 35.5. The van der Waals surface area contributed by atoms with Gasteiger partial charge in [0.05, 0.1) is 12.1 Å². The van der Waals surface area contributed by atoms with E-state index in [0.29, 0.717) is 24.7 Å². The summed E-state index contributed by atoms with van der Waals surface area (Å²) in [6, 6.07) is 8.42. The second-order valence-corrected chi connectivity index (χ2v) is 9.85. The maximum absolute atomic E-state index is 12.9. The first-order valence-electron chi connectivity index (χ1n) is 11.9. The van der Waals surface area contributed by atoms with E-state index in [0.717, 1.165) is 38.5 Å². The Morgan fingerprint density at radius 1 is 1.14 bits per heavy atom. The van der Waals surface area contributed by atoms with E-state index in [-0.39, 0.29) is 33.9 Å². The molecule has 1 saturated carbocycles. The summed E-state index contributed by atoms with van der Waals surface area (Å²) in [6.07, 6.45) is 7.84. The summed E-state index contributed by atoms with van der Waals surface area (Å²) in [5.41, 5.74) is 14.9. The molecule has 6 N–H and O–H groups in total. The van der Waals surface area contributed by atoms with Crippen molar-refractivity contribution in [3.8, 4) is 0 Å². The number of hydrogen-bond acceptors (Lipinski definition) is 8. The molecule has 2 aromatic rings. The number of guanidine groups is 1. The maximum atomic E-state index is 12.9. The van der Waals surface area contributed by atoms with E-state index in [1.165, 1.54) is 16.7 Å². The predicted molar refractivity (Wildman–Crippen MR) is 136 cm³/mol. The minimum absolute atomic E-state index is 0.0351. The van der Waals surface area contributed by atoms with Crippen molar-refractivity contribution in [2.75, 3.05) is 18.0 Å². The molecule has 0 saturated heterocycles. The summed E-state index contributed by atoms with van der Waals surface area (Å²) in [7, 11) is 0. The quantitative estimate of drug-likeness (QED) is 0.500. The zero-order valence-electron chi connectivity index (χ0n) is 19.3. The maximum Gasteiger partial charge on any atom is 0.280 e. The van der Waals surface area contributed by atoms with E-state index in [9.17, 15) is 9.59 Å². The van der Waals surface area contributed by atoms with Gasteiger partial charge in [-0.3, -0.25) is 19.9 Å². The van der Waals surface area contributed by atoms with Crippen LogP contribution in [0.1, 0.15) is 60.1 Å². The lowest BCUT2D eigenvalue weighted by Gasteiger charge is -2.36. The van der Waals surface area contributed by atoms with Crippen LogP contribution in [0.4, 0.5) is 11.6 Å². The highest BCUT2D eigenvalue weighted by molar-refractivity contribution is 6.31. The third kappa shape index (κ3) is 4.73. The lowest BCUT2D eigenvalue weighted by atomic mass is 9.74. The second kappa shape index (κ2) is 9.30. The Kier molecular flexibility index (Phi) is 6.19. The summed E-state index contributed by atoms with van der Waals surface area (Å²) >= 11 is 5.87. The molecule has 1 aromatic carbocycles. The first kappa shape index (κ1) is 23.3. The molecule has 35 heavy (non-hydrogen) atoms. The van der Waals surface area contributed by atoms with Crippen LogP contribution >= 0.6 is 11.6 Å². The van der Waals surface area contributed by atoms with Gasteiger partial charge in [0.15, 0.2) is 28.4 Å². The van der Waals surface area contributed by atoms with Gasteiger partial charge in [-0.25, -0.2) is 9.97 Å². The van der Waals surface area contributed by atoms with Crippen LogP contribution in [-0.4, -0.2) is 39.7 Å². The molecule has 182 valence electrons. The molecule has 0 atom stereocenters. The van der Waals surface area contributed by atoms with Crippen molar-refractivity contribution in [2.45, 2.75) is 50.5 Å². The summed E-state index contributed by atoms with van der Waals surface area (Å²) in [5.74, 6) is 0.0745. The molecule has 1 spiro atoms. The average molecular weight is 494 g/mol. The molecule has 1 amide bonds. The fourth-order valence-corrected chi connectivity index (χ4v) is 5.36. The number of carbonyl (C=O) groups excluding carboxylic acids is 2. The van der Waals surface area contributed by atoms with E-state index in [1.807, 2.05) is 0 Å². The molecule has 5 rings (SSSR count). The topological polar surface area (TPSA) is 148 Å². The van der Waals surface area contributed by atoms with Crippen molar-refractivity contribution < 1.29 is 9.59 Å². The van der Waals surface area contributed by atoms with Gasteiger partial charge in [0.2, 0.25) is 0 Å². The minimum atomic E-state index is -0.563. The number of nitrogens with two attached hydrogens (primary N) is 2. The molecule has 0 radical (unpaired) electrons. The number of aromatic nitrogens is 2. The van der Waals surface area contributed by atoms with Crippen LogP contribution in [0.5, 0.6) is 0 Å². The number of nitrogens with zero attached hydrogens (tertiary/aromatic N) is 3. The standard InChI is InChI=1S/C25H28ClN7O2/c26-20-22(28)31-21(27)19(30-20)23(35)32-24-29-13-25(33-24)11-9-16(10-12-25)18(34)8-7-15-6-5-14-3-1-2-4-17(14)15/h1-4,6,16H,5,7-13H2,(H4,27,28,31)(H2,29,32,33,35). The van der Waals surface area contributed by atoms with Crippen LogP contribution in [0.2, 0.25) is 5.15 Å². The number of fused-ring (bicyclic) bond motifs is 1. The number of benzene rings is 1. The van der Waals surface area contributed by atoms with Crippen molar-refractivity contribution in [3.05, 3.63) is 52.3 Å². The lowest BCUT2D eigenvalue weighted by molar-refractivity contribution is -0.124. The van der Waals surface area contributed by atoms with Crippen molar-refractivity contribution in [2.24, 2.45) is 10.9 Å². The fourth-order valence-electron chi connectivity index (χ4n) is 5.24. The molecule has 10 heteroatoms. The molecule has 2 aliphatic carbocycles. The van der Waals surface area contributed by atoms with Gasteiger partial charge in [-0.05, 0) is 55.2 Å². The number of carbonyl (C=O) groups is 2. The molecule has 2 heterocycles. The third-order valence-corrected chi connectivity index (χ3v) is 7.52. The molecule has 3 aliphatic rings. The largest absolute Gasteiger partial charge is 0.382 e. The second-order valence-electron chi connectivity index (χ2n) is 9.49. The van der Waals surface area contributed by atoms with E-state index in [2.05, 4.69) is 55.9 Å². The molecule has 0 bridgehead atoms. The fraction of sp³-hybridized carbons (Fsp3) is 0.400. The third-order valence-electron chi connectivity index (χ3n) is 7.25. The van der Waals surface area contributed by atoms with Crippen molar-refractivity contribution in [1.29, 1.82) is 0 Å². The molecule has 1 aromatic heterocycles. The summed E-state index contributed by atoms with van der Waals surface area (Å²) in [5, 5.41) is 5.96. The Balaban J connectivity index is 1.11. The Hall–Kier alpha value is -3.46. The number of nitrogens with one attached hydrogen (secondary N) is 2. The van der Waals surface area contributed by atoms with Crippen LogP contribution < -0.4 is 22.1 Å². The van der Waals surface area contributed by atoms with Gasteiger partial charge in [-0.2, -0.15) is 0 Å². The smallest absolute Gasteiger partial charge is 0.280 e. The van der Waals surface area contributed by atoms with Gasteiger partial charge in [-0.15, -0.1) is 0 Å². The summed E-state index contributed by atoms with van der Waals surface area (Å²) in [4.78, 5) is 37.8. The highest BCUT2D eigenvalue weighted by Gasteiger charge is 2.41. The molecule has 1 aliphatic heterocycles. The first-order valence-corrected chi connectivity index (χ1v) is 12.2. The van der Waals surface area contributed by atoms with E-state index >= 15 is 0 Å². The van der Waals surface area contributed by atoms with Crippen LogP contribution in [0.15, 0.2) is 35.3 Å². The molecule has 9 nitrogen and oxygen atoms in total. The minimum Gasteiger partial charge on any atom is -0.382 e. The van der Waals surface area contributed by atoms with Crippen LogP contribution in [-0.2, 0) is 11.2 Å². The number of allylic oxidation sites excluding steroid dienone is 2. The molecular formula is C25H28ClN7O2. The van der Waals surface area contributed by atoms with Gasteiger partial charge < -0.3 is 16.8 Å². The Bertz CT molecular complexity index is 1250. The number of rotatable bonds is 5. The monoisotopic (exact) mass is 493 g/mol. The number of anilines is 2. The Morgan fingerprint density at radius 2 is 1.91 bits per heavy atom. The highest BCUT2D eigenvalue weighted by Crippen LogP contribution is 2.36.